The largest absolute Gasteiger partial charge is 0.490 e. The Morgan fingerprint density at radius 3 is 2.36 bits per heavy atom. The minimum atomic E-state index is -0.350. The van der Waals surface area contributed by atoms with Crippen LogP contribution in [0.3, 0.4) is 0 Å². The lowest BCUT2D eigenvalue weighted by Gasteiger charge is -2.13. The molecule has 0 atom stereocenters. The lowest BCUT2D eigenvalue weighted by atomic mass is 10.1. The van der Waals surface area contributed by atoms with Crippen molar-refractivity contribution >= 4 is 57.1 Å². The smallest absolute Gasteiger partial charge is 0.257 e. The van der Waals surface area contributed by atoms with Gasteiger partial charge in [-0.2, -0.15) is 0 Å². The molecule has 0 fully saturated rings. The number of carbonyl (C=O) groups excluding carboxylic acids is 1. The number of fused-ring (bicyclic) bond motifs is 2. The first kappa shape index (κ1) is 26.6. The van der Waals surface area contributed by atoms with E-state index in [9.17, 15) is 4.79 Å². The van der Waals surface area contributed by atoms with Crippen LogP contribution in [0.25, 0.3) is 27.9 Å². The highest BCUT2D eigenvalue weighted by molar-refractivity contribution is 6.42. The predicted molar refractivity (Wildman–Crippen MR) is 156 cm³/mol. The molecule has 5 rings (SSSR count). The maximum Gasteiger partial charge on any atom is 0.257 e. The molecule has 0 aliphatic carbocycles. The Bertz CT molecular complexity index is 1690. The van der Waals surface area contributed by atoms with Crippen molar-refractivity contribution in [1.29, 1.82) is 0 Å². The van der Waals surface area contributed by atoms with Gasteiger partial charge in [0.15, 0.2) is 17.1 Å². The summed E-state index contributed by atoms with van der Waals surface area (Å²) in [5.74, 6) is 1.23. The van der Waals surface area contributed by atoms with Crippen molar-refractivity contribution in [2.24, 2.45) is 0 Å². The molecule has 2 aromatic heterocycles. The average molecular weight is 564 g/mol. The normalized spacial score (nSPS) is 11.2. The van der Waals surface area contributed by atoms with Crippen molar-refractivity contribution in [3.8, 4) is 17.2 Å². The number of carbonyl (C=O) groups is 1. The number of rotatable bonds is 9. The summed E-state index contributed by atoms with van der Waals surface area (Å²) in [7, 11) is 0. The third kappa shape index (κ3) is 5.30. The molecule has 0 spiro atoms. The second-order valence-electron chi connectivity index (χ2n) is 8.73. The van der Waals surface area contributed by atoms with E-state index in [1.165, 1.54) is 0 Å². The highest BCUT2D eigenvalue weighted by Gasteiger charge is 2.25. The van der Waals surface area contributed by atoms with Gasteiger partial charge in [-0.25, -0.2) is 9.97 Å². The summed E-state index contributed by atoms with van der Waals surface area (Å²) in [5, 5.41) is 3.75. The van der Waals surface area contributed by atoms with Crippen LogP contribution >= 0.6 is 23.2 Å². The number of amides is 1. The monoisotopic (exact) mass is 563 g/mol. The average Bonchev–Trinajstić information content (AvgIpc) is 3.21. The molecule has 0 saturated heterocycles. The Morgan fingerprint density at radius 1 is 0.923 bits per heavy atom. The van der Waals surface area contributed by atoms with Gasteiger partial charge in [0.25, 0.3) is 5.91 Å². The Kier molecular flexibility index (Phi) is 7.77. The van der Waals surface area contributed by atoms with Crippen LogP contribution in [0.2, 0.25) is 10.0 Å². The number of hydrogen-bond acceptors (Lipinski definition) is 6. The lowest BCUT2D eigenvalue weighted by molar-refractivity contribution is 0.0956. The Balaban J connectivity index is 1.48. The Morgan fingerprint density at radius 2 is 1.64 bits per heavy atom. The summed E-state index contributed by atoms with van der Waals surface area (Å²) in [4.78, 5) is 23.1. The molecule has 3 N–H and O–H groups in total. The molecule has 10 heteroatoms. The van der Waals surface area contributed by atoms with E-state index in [1.54, 1.807) is 22.8 Å². The van der Waals surface area contributed by atoms with E-state index in [-0.39, 0.29) is 17.3 Å². The molecule has 0 saturated carbocycles. The van der Waals surface area contributed by atoms with E-state index in [0.29, 0.717) is 75.6 Å². The predicted octanol–water partition coefficient (Wildman–Crippen LogP) is 6.23. The van der Waals surface area contributed by atoms with Crippen LogP contribution in [0.1, 0.15) is 29.8 Å². The van der Waals surface area contributed by atoms with Crippen LogP contribution in [0, 0.1) is 0 Å². The number of nitrogens with one attached hydrogen (secondary N) is 1. The molecule has 2 heterocycles. The summed E-state index contributed by atoms with van der Waals surface area (Å²) in [6.45, 7) is 5.30. The SMILES string of the molecule is CCOc1ccc(CCNC(=O)c2c(N)n(-c3ccc(Cl)c(Cl)c3)c3nc4ccccc4nc23)cc1OCC. The van der Waals surface area contributed by atoms with E-state index < -0.39 is 0 Å². The molecule has 39 heavy (non-hydrogen) atoms. The second kappa shape index (κ2) is 11.4. The number of aromatic nitrogens is 3. The van der Waals surface area contributed by atoms with Crippen molar-refractivity contribution in [1.82, 2.24) is 19.9 Å². The fraction of sp³-hybridized carbons (Fsp3) is 0.207. The van der Waals surface area contributed by atoms with Gasteiger partial charge < -0.3 is 20.5 Å². The van der Waals surface area contributed by atoms with Gasteiger partial charge in [-0.3, -0.25) is 9.36 Å². The number of ether oxygens (including phenoxy) is 2. The van der Waals surface area contributed by atoms with Gasteiger partial charge in [0.2, 0.25) is 0 Å². The van der Waals surface area contributed by atoms with Crippen LogP contribution in [-0.4, -0.2) is 40.2 Å². The van der Waals surface area contributed by atoms with Gasteiger partial charge in [-0.15, -0.1) is 0 Å². The Hall–Kier alpha value is -4.01. The first-order valence-electron chi connectivity index (χ1n) is 12.6. The van der Waals surface area contributed by atoms with Crippen molar-refractivity contribution in [2.75, 3.05) is 25.5 Å². The third-order valence-corrected chi connectivity index (χ3v) is 6.93. The highest BCUT2D eigenvalue weighted by atomic mass is 35.5. The number of nitrogens with zero attached hydrogens (tertiary/aromatic N) is 3. The third-order valence-electron chi connectivity index (χ3n) is 6.19. The minimum absolute atomic E-state index is 0.205. The first-order valence-corrected chi connectivity index (χ1v) is 13.4. The van der Waals surface area contributed by atoms with Crippen LogP contribution in [0.15, 0.2) is 60.7 Å². The van der Waals surface area contributed by atoms with Gasteiger partial charge in [-0.05, 0) is 68.3 Å². The van der Waals surface area contributed by atoms with Gasteiger partial charge >= 0.3 is 0 Å². The number of benzene rings is 3. The van der Waals surface area contributed by atoms with Gasteiger partial charge in [0.05, 0.1) is 40.0 Å². The van der Waals surface area contributed by atoms with Crippen molar-refractivity contribution in [3.63, 3.8) is 0 Å². The summed E-state index contributed by atoms with van der Waals surface area (Å²) in [6, 6.07) is 18.4. The maximum atomic E-state index is 13.5. The van der Waals surface area contributed by atoms with E-state index >= 15 is 0 Å². The van der Waals surface area contributed by atoms with Gasteiger partial charge in [0, 0.05) is 6.54 Å². The molecule has 0 radical (unpaired) electrons. The van der Waals surface area contributed by atoms with Gasteiger partial charge in [0.1, 0.15) is 16.9 Å². The summed E-state index contributed by atoms with van der Waals surface area (Å²) < 4.78 is 13.0. The molecular formula is C29H27Cl2N5O3. The van der Waals surface area contributed by atoms with Crippen LogP contribution in [-0.2, 0) is 6.42 Å². The van der Waals surface area contributed by atoms with E-state index in [1.807, 2.05) is 56.3 Å². The Labute approximate surface area is 235 Å². The standard InChI is InChI=1S/C29H27Cl2N5O3/c1-3-38-23-12-9-17(15-24(23)39-4-2)13-14-33-29(37)25-26-28(35-22-8-6-5-7-21(22)34-26)36(27(25)32)18-10-11-19(30)20(31)16-18/h5-12,15-16H,3-4,13-14,32H2,1-2H3,(H,33,37). The molecule has 0 aliphatic heterocycles. The molecular weight excluding hydrogens is 537 g/mol. The molecule has 200 valence electrons. The van der Waals surface area contributed by atoms with Crippen LogP contribution < -0.4 is 20.5 Å². The fourth-order valence-electron chi connectivity index (χ4n) is 4.43. The van der Waals surface area contributed by atoms with Crippen LogP contribution in [0.4, 0.5) is 5.82 Å². The molecule has 0 bridgehead atoms. The summed E-state index contributed by atoms with van der Waals surface area (Å²) in [6.07, 6.45) is 0.582. The maximum absolute atomic E-state index is 13.5. The number of hydrogen-bond donors (Lipinski definition) is 2. The molecule has 5 aromatic rings. The van der Waals surface area contributed by atoms with Gasteiger partial charge in [-0.1, -0.05) is 41.4 Å². The summed E-state index contributed by atoms with van der Waals surface area (Å²) >= 11 is 12.4. The number of nitrogen functional groups attached to an aromatic ring is 1. The molecule has 0 aliphatic rings. The second-order valence-corrected chi connectivity index (χ2v) is 9.55. The zero-order valence-electron chi connectivity index (χ0n) is 21.5. The van der Waals surface area contributed by atoms with Crippen molar-refractivity contribution < 1.29 is 14.3 Å². The minimum Gasteiger partial charge on any atom is -0.490 e. The van der Waals surface area contributed by atoms with Crippen LogP contribution in [0.5, 0.6) is 11.5 Å². The van der Waals surface area contributed by atoms with E-state index in [2.05, 4.69) is 5.32 Å². The summed E-state index contributed by atoms with van der Waals surface area (Å²) in [5.41, 5.74) is 10.6. The van der Waals surface area contributed by atoms with E-state index in [0.717, 1.165) is 5.56 Å². The lowest BCUT2D eigenvalue weighted by Crippen LogP contribution is -2.26. The number of nitrogens with two attached hydrogens (primary N) is 1. The number of anilines is 1. The van der Waals surface area contributed by atoms with Crippen molar-refractivity contribution in [2.45, 2.75) is 20.3 Å². The number of halogens is 2. The highest BCUT2D eigenvalue weighted by Crippen LogP contribution is 2.33. The zero-order chi connectivity index (χ0) is 27.5. The molecule has 1 amide bonds. The number of para-hydroxylation sites is 2. The topological polar surface area (TPSA) is 104 Å². The van der Waals surface area contributed by atoms with E-state index in [4.69, 9.17) is 48.4 Å². The first-order chi connectivity index (χ1) is 18.9. The zero-order valence-corrected chi connectivity index (χ0v) is 23.0. The van der Waals surface area contributed by atoms with Crippen molar-refractivity contribution in [3.05, 3.63) is 81.8 Å². The fourth-order valence-corrected chi connectivity index (χ4v) is 4.72. The quantitative estimate of drug-likeness (QED) is 0.220. The molecule has 8 nitrogen and oxygen atoms in total. The molecule has 3 aromatic carbocycles. The molecule has 0 unspecified atom stereocenters.